The largest absolute Gasteiger partial charge is 0.357 e. The van der Waals surface area contributed by atoms with Crippen molar-refractivity contribution in [3.05, 3.63) is 60.8 Å². The minimum atomic E-state index is -0.247. The molecule has 5 heteroatoms. The van der Waals surface area contributed by atoms with Crippen molar-refractivity contribution in [2.24, 2.45) is 4.99 Å². The highest BCUT2D eigenvalue weighted by atomic mass is 32.1. The average molecular weight is 287 g/mol. The zero-order chi connectivity index (χ0) is 15.0. The van der Waals surface area contributed by atoms with E-state index in [9.17, 15) is 4.79 Å². The molecule has 0 unspecified atom stereocenters. The number of hydrogen-bond acceptors (Lipinski definition) is 3. The Bertz CT molecular complexity index is 547. The van der Waals surface area contributed by atoms with E-state index in [4.69, 9.17) is 12.2 Å². The van der Waals surface area contributed by atoms with Crippen LogP contribution in [0.5, 0.6) is 0 Å². The van der Waals surface area contributed by atoms with Crippen LogP contribution < -0.4 is 10.6 Å². The molecular weight excluding hydrogens is 270 g/mol. The molecule has 0 aliphatic rings. The Balaban J connectivity index is 2.52. The molecule has 0 heterocycles. The Kier molecular flexibility index (Phi) is 6.32. The quantitative estimate of drug-likeness (QED) is 0.646. The smallest absolute Gasteiger partial charge is 0.257 e. The van der Waals surface area contributed by atoms with Crippen LogP contribution in [0.25, 0.3) is 0 Å². The van der Waals surface area contributed by atoms with E-state index in [0.29, 0.717) is 17.8 Å². The van der Waals surface area contributed by atoms with Gasteiger partial charge in [-0.25, -0.2) is 0 Å². The molecule has 2 N–H and O–H groups in total. The SMILES string of the molecule is C=CN=C(C=C)CNC(=S)NC(=O)c1ccc(C)cc1. The second-order valence-corrected chi connectivity index (χ2v) is 4.42. The van der Waals surface area contributed by atoms with Crippen molar-refractivity contribution in [1.29, 1.82) is 0 Å². The first-order valence-electron chi connectivity index (χ1n) is 6.02. The van der Waals surface area contributed by atoms with Crippen LogP contribution >= 0.6 is 12.2 Å². The number of carbonyl (C=O) groups excluding carboxylic acids is 1. The van der Waals surface area contributed by atoms with Gasteiger partial charge in [-0.05, 0) is 37.4 Å². The van der Waals surface area contributed by atoms with Gasteiger partial charge in [0.15, 0.2) is 5.11 Å². The van der Waals surface area contributed by atoms with Gasteiger partial charge in [-0.15, -0.1) is 0 Å². The molecule has 0 saturated heterocycles. The summed E-state index contributed by atoms with van der Waals surface area (Å²) in [6, 6.07) is 7.25. The van der Waals surface area contributed by atoms with Gasteiger partial charge >= 0.3 is 0 Å². The molecule has 0 fully saturated rings. The van der Waals surface area contributed by atoms with Crippen LogP contribution in [0.2, 0.25) is 0 Å². The third kappa shape index (κ3) is 5.16. The normalized spacial score (nSPS) is 10.6. The lowest BCUT2D eigenvalue weighted by Gasteiger charge is -2.09. The summed E-state index contributed by atoms with van der Waals surface area (Å²) in [5.74, 6) is -0.247. The number of nitrogens with one attached hydrogen (secondary N) is 2. The van der Waals surface area contributed by atoms with Crippen LogP contribution in [-0.4, -0.2) is 23.3 Å². The van der Waals surface area contributed by atoms with E-state index in [-0.39, 0.29) is 11.0 Å². The fourth-order valence-electron chi connectivity index (χ4n) is 1.38. The van der Waals surface area contributed by atoms with E-state index >= 15 is 0 Å². The Hall–Kier alpha value is -2.27. The second-order valence-electron chi connectivity index (χ2n) is 4.01. The van der Waals surface area contributed by atoms with Crippen LogP contribution in [0.4, 0.5) is 0 Å². The minimum Gasteiger partial charge on any atom is -0.357 e. The first kappa shape index (κ1) is 15.8. The van der Waals surface area contributed by atoms with E-state index in [1.165, 1.54) is 6.20 Å². The summed E-state index contributed by atoms with van der Waals surface area (Å²) in [5, 5.41) is 5.73. The van der Waals surface area contributed by atoms with Gasteiger partial charge in [-0.1, -0.05) is 30.9 Å². The summed E-state index contributed by atoms with van der Waals surface area (Å²) in [7, 11) is 0. The van der Waals surface area contributed by atoms with Gasteiger partial charge in [0, 0.05) is 11.8 Å². The van der Waals surface area contributed by atoms with Crippen molar-refractivity contribution >= 4 is 28.9 Å². The third-order valence-electron chi connectivity index (χ3n) is 2.46. The molecular formula is C15H17N3OS. The molecule has 0 aliphatic heterocycles. The predicted molar refractivity (Wildman–Crippen MR) is 87.1 cm³/mol. The van der Waals surface area contributed by atoms with Crippen LogP contribution in [0, 0.1) is 6.92 Å². The summed E-state index contributed by atoms with van der Waals surface area (Å²) in [5.41, 5.74) is 2.34. The summed E-state index contributed by atoms with van der Waals surface area (Å²) >= 11 is 5.05. The topological polar surface area (TPSA) is 53.5 Å². The Morgan fingerprint density at radius 2 is 2.00 bits per heavy atom. The molecule has 104 valence electrons. The zero-order valence-corrected chi connectivity index (χ0v) is 12.2. The number of hydrogen-bond donors (Lipinski definition) is 2. The summed E-state index contributed by atoms with van der Waals surface area (Å²) in [6.45, 7) is 9.47. The van der Waals surface area contributed by atoms with Crippen LogP contribution in [0.3, 0.4) is 0 Å². The lowest BCUT2D eigenvalue weighted by atomic mass is 10.1. The molecule has 4 nitrogen and oxygen atoms in total. The first-order chi connectivity index (χ1) is 9.56. The van der Waals surface area contributed by atoms with Crippen LogP contribution in [-0.2, 0) is 0 Å². The summed E-state index contributed by atoms with van der Waals surface area (Å²) in [6.07, 6.45) is 3.02. The Labute approximate surface area is 124 Å². The van der Waals surface area contributed by atoms with Gasteiger partial charge in [-0.3, -0.25) is 15.1 Å². The van der Waals surface area contributed by atoms with E-state index in [2.05, 4.69) is 28.8 Å². The highest BCUT2D eigenvalue weighted by Gasteiger charge is 2.07. The summed E-state index contributed by atoms with van der Waals surface area (Å²) in [4.78, 5) is 15.9. The molecule has 0 spiro atoms. The van der Waals surface area contributed by atoms with Gasteiger partial charge in [0.05, 0.1) is 12.3 Å². The molecule has 0 radical (unpaired) electrons. The van der Waals surface area contributed by atoms with Crippen molar-refractivity contribution in [1.82, 2.24) is 10.6 Å². The maximum absolute atomic E-state index is 11.9. The van der Waals surface area contributed by atoms with Crippen molar-refractivity contribution < 1.29 is 4.79 Å². The molecule has 0 aliphatic carbocycles. The van der Waals surface area contributed by atoms with Gasteiger partial charge in [0.25, 0.3) is 5.91 Å². The van der Waals surface area contributed by atoms with Crippen LogP contribution in [0.1, 0.15) is 15.9 Å². The number of nitrogens with zero attached hydrogens (tertiary/aromatic N) is 1. The van der Waals surface area contributed by atoms with E-state index in [1.807, 2.05) is 19.1 Å². The molecule has 1 rings (SSSR count). The third-order valence-corrected chi connectivity index (χ3v) is 2.71. The molecule has 0 saturated carbocycles. The standard InChI is InChI=1S/C15H17N3OS/c1-4-13(16-5-2)10-17-15(20)18-14(19)12-8-6-11(3)7-9-12/h4-9H,1-2,10H2,3H3,(H2,17,18,19,20). The van der Waals surface area contributed by atoms with Gasteiger partial charge in [0.2, 0.25) is 0 Å². The van der Waals surface area contributed by atoms with Crippen molar-refractivity contribution in [2.45, 2.75) is 6.92 Å². The molecule has 0 bridgehead atoms. The molecule has 1 amide bonds. The molecule has 0 aromatic heterocycles. The van der Waals surface area contributed by atoms with Gasteiger partial charge < -0.3 is 5.32 Å². The lowest BCUT2D eigenvalue weighted by molar-refractivity contribution is 0.0977. The Morgan fingerprint density at radius 1 is 1.35 bits per heavy atom. The van der Waals surface area contributed by atoms with E-state index in [0.717, 1.165) is 5.56 Å². The second kappa shape index (κ2) is 8.01. The van der Waals surface area contributed by atoms with E-state index < -0.39 is 0 Å². The number of benzene rings is 1. The minimum absolute atomic E-state index is 0.245. The predicted octanol–water partition coefficient (Wildman–Crippen LogP) is 2.37. The number of carbonyl (C=O) groups is 1. The molecule has 1 aromatic carbocycles. The number of aryl methyl sites for hydroxylation is 1. The number of aliphatic imine (C=N–C) groups is 1. The van der Waals surface area contributed by atoms with Gasteiger partial charge in [0.1, 0.15) is 0 Å². The monoisotopic (exact) mass is 287 g/mol. The number of rotatable bonds is 5. The van der Waals surface area contributed by atoms with Gasteiger partial charge in [-0.2, -0.15) is 0 Å². The number of amides is 1. The molecule has 20 heavy (non-hydrogen) atoms. The Morgan fingerprint density at radius 3 is 2.55 bits per heavy atom. The average Bonchev–Trinajstić information content (AvgIpc) is 2.44. The lowest BCUT2D eigenvalue weighted by Crippen LogP contribution is -2.41. The van der Waals surface area contributed by atoms with Crippen molar-refractivity contribution in [3.63, 3.8) is 0 Å². The highest BCUT2D eigenvalue weighted by molar-refractivity contribution is 7.80. The fourth-order valence-corrected chi connectivity index (χ4v) is 1.55. The summed E-state index contributed by atoms with van der Waals surface area (Å²) < 4.78 is 0. The molecule has 1 aromatic rings. The van der Waals surface area contributed by atoms with Crippen LogP contribution in [0.15, 0.2) is 54.7 Å². The highest BCUT2D eigenvalue weighted by Crippen LogP contribution is 2.02. The van der Waals surface area contributed by atoms with Crippen molar-refractivity contribution in [3.8, 4) is 0 Å². The van der Waals surface area contributed by atoms with Crippen molar-refractivity contribution in [2.75, 3.05) is 6.54 Å². The molecule has 0 atom stereocenters. The maximum atomic E-state index is 11.9. The zero-order valence-electron chi connectivity index (χ0n) is 11.3. The first-order valence-corrected chi connectivity index (χ1v) is 6.43. The fraction of sp³-hybridized carbons (Fsp3) is 0.133. The maximum Gasteiger partial charge on any atom is 0.257 e. The number of thiocarbonyl (C=S) groups is 1. The van der Waals surface area contributed by atoms with E-state index in [1.54, 1.807) is 18.2 Å².